The molecule has 0 amide bonds. The summed E-state index contributed by atoms with van der Waals surface area (Å²) in [6.45, 7) is 7.09. The lowest BCUT2D eigenvalue weighted by Crippen LogP contribution is -2.33. The van der Waals surface area contributed by atoms with Gasteiger partial charge in [-0.1, -0.05) is 26.7 Å². The Bertz CT molecular complexity index is 638. The van der Waals surface area contributed by atoms with Gasteiger partial charge >= 0.3 is 17.9 Å². The Morgan fingerprint density at radius 2 is 1.76 bits per heavy atom. The number of hydrogen-bond acceptors (Lipinski definition) is 9. The lowest BCUT2D eigenvalue weighted by molar-refractivity contribution is -0.167. The lowest BCUT2D eigenvalue weighted by atomic mass is 10.2. The summed E-state index contributed by atoms with van der Waals surface area (Å²) in [6.07, 6.45) is 1.81. The molecule has 0 saturated carbocycles. The number of rotatable bonds is 11. The van der Waals surface area contributed by atoms with Crippen LogP contribution < -0.4 is 0 Å². The summed E-state index contributed by atoms with van der Waals surface area (Å²) >= 11 is 0. The normalized spacial score (nSPS) is 23.1. The third kappa shape index (κ3) is 6.71. The summed E-state index contributed by atoms with van der Waals surface area (Å²) in [7, 11) is 0. The second-order valence-electron chi connectivity index (χ2n) is 7.35. The topological polar surface area (TPSA) is 107 Å². The Balaban J connectivity index is 2.10. The van der Waals surface area contributed by atoms with Crippen LogP contribution in [0.1, 0.15) is 66.2 Å². The van der Waals surface area contributed by atoms with Gasteiger partial charge in [-0.25, -0.2) is 4.79 Å². The van der Waals surface area contributed by atoms with Crippen LogP contribution in [0.3, 0.4) is 0 Å². The maximum absolute atomic E-state index is 12.3. The number of carbonyl (C=O) groups excluding carboxylic acids is 3. The molecular formula is C20H30O9. The van der Waals surface area contributed by atoms with E-state index in [1.807, 2.05) is 13.8 Å². The van der Waals surface area contributed by atoms with E-state index in [-0.39, 0.29) is 31.0 Å². The molecule has 0 radical (unpaired) electrons. The first-order chi connectivity index (χ1) is 13.8. The summed E-state index contributed by atoms with van der Waals surface area (Å²) in [5.41, 5.74) is 0. The van der Waals surface area contributed by atoms with Crippen molar-refractivity contribution in [3.05, 3.63) is 11.5 Å². The molecule has 2 heterocycles. The van der Waals surface area contributed by atoms with Crippen LogP contribution in [-0.2, 0) is 42.8 Å². The molecule has 0 aromatic rings. The van der Waals surface area contributed by atoms with Gasteiger partial charge in [0.25, 0.3) is 5.76 Å². The van der Waals surface area contributed by atoms with Gasteiger partial charge in [-0.3, -0.25) is 9.59 Å². The second-order valence-corrected chi connectivity index (χ2v) is 7.35. The number of ether oxygens (including phenoxy) is 6. The molecule has 2 aliphatic rings. The molecule has 2 atom stereocenters. The molecule has 29 heavy (non-hydrogen) atoms. The maximum atomic E-state index is 12.3. The fraction of sp³-hybridized carbons (Fsp3) is 0.750. The largest absolute Gasteiger partial charge is 0.453 e. The molecule has 0 aliphatic carbocycles. The van der Waals surface area contributed by atoms with Crippen LogP contribution in [0.5, 0.6) is 0 Å². The average molecular weight is 414 g/mol. The van der Waals surface area contributed by atoms with Crippen molar-refractivity contribution in [3.63, 3.8) is 0 Å². The van der Waals surface area contributed by atoms with Gasteiger partial charge < -0.3 is 28.4 Å². The Labute approximate surface area is 170 Å². The SMILES string of the molecule is CCCCC(=O)OCOC1=C(OC(=O)CCCC)C(=O)OC1C1COC(C)(C)O1. The van der Waals surface area contributed by atoms with Crippen molar-refractivity contribution in [1.29, 1.82) is 0 Å². The molecule has 164 valence electrons. The number of cyclic esters (lactones) is 1. The van der Waals surface area contributed by atoms with Crippen LogP contribution in [0.15, 0.2) is 11.5 Å². The van der Waals surface area contributed by atoms with Crippen molar-refractivity contribution in [1.82, 2.24) is 0 Å². The molecule has 1 fully saturated rings. The van der Waals surface area contributed by atoms with Gasteiger partial charge in [0.15, 0.2) is 17.7 Å². The van der Waals surface area contributed by atoms with Crippen molar-refractivity contribution in [2.24, 2.45) is 0 Å². The Morgan fingerprint density at radius 1 is 1.10 bits per heavy atom. The molecule has 0 N–H and O–H groups in total. The highest BCUT2D eigenvalue weighted by Gasteiger charge is 2.48. The number of carbonyl (C=O) groups is 3. The van der Waals surface area contributed by atoms with Gasteiger partial charge in [-0.15, -0.1) is 0 Å². The van der Waals surface area contributed by atoms with E-state index in [4.69, 9.17) is 28.4 Å². The van der Waals surface area contributed by atoms with E-state index in [0.29, 0.717) is 12.8 Å². The third-order valence-electron chi connectivity index (χ3n) is 4.39. The lowest BCUT2D eigenvalue weighted by Gasteiger charge is -2.21. The van der Waals surface area contributed by atoms with Gasteiger partial charge in [0.1, 0.15) is 6.10 Å². The van der Waals surface area contributed by atoms with E-state index in [2.05, 4.69) is 0 Å². The van der Waals surface area contributed by atoms with Crippen LogP contribution in [0, 0.1) is 0 Å². The molecule has 9 nitrogen and oxygen atoms in total. The fourth-order valence-electron chi connectivity index (χ4n) is 2.84. The summed E-state index contributed by atoms with van der Waals surface area (Å²) < 4.78 is 32.4. The standard InChI is InChI=1S/C20H30O9/c1-5-7-9-14(21)24-12-25-17-16(13-11-26-20(3,4)29-13)28-19(23)18(17)27-15(22)10-8-6-2/h13,16H,5-12H2,1-4H3. The zero-order chi connectivity index (χ0) is 21.4. The Hall–Kier alpha value is -2.13. The van der Waals surface area contributed by atoms with Crippen molar-refractivity contribution in [2.45, 2.75) is 84.2 Å². The van der Waals surface area contributed by atoms with Crippen molar-refractivity contribution < 1.29 is 42.8 Å². The molecular weight excluding hydrogens is 384 g/mol. The fourth-order valence-corrected chi connectivity index (χ4v) is 2.84. The molecule has 1 saturated heterocycles. The molecule has 9 heteroatoms. The van der Waals surface area contributed by atoms with Gasteiger partial charge in [-0.05, 0) is 26.7 Å². The maximum Gasteiger partial charge on any atom is 0.378 e. The van der Waals surface area contributed by atoms with Crippen LogP contribution in [0.25, 0.3) is 0 Å². The first-order valence-corrected chi connectivity index (χ1v) is 10.0. The van der Waals surface area contributed by atoms with Crippen molar-refractivity contribution in [2.75, 3.05) is 13.4 Å². The molecule has 2 rings (SSSR count). The van der Waals surface area contributed by atoms with Gasteiger partial charge in [-0.2, -0.15) is 0 Å². The highest BCUT2D eigenvalue weighted by Crippen LogP contribution is 2.34. The Kier molecular flexibility index (Phi) is 8.45. The molecule has 0 aromatic carbocycles. The molecule has 2 aliphatic heterocycles. The van der Waals surface area contributed by atoms with Gasteiger partial charge in [0.2, 0.25) is 6.79 Å². The summed E-state index contributed by atoms with van der Waals surface area (Å²) in [4.78, 5) is 36.0. The molecule has 0 aromatic heterocycles. The first kappa shape index (κ1) is 23.2. The van der Waals surface area contributed by atoms with Gasteiger partial charge in [0.05, 0.1) is 6.61 Å². The Morgan fingerprint density at radius 3 is 2.34 bits per heavy atom. The van der Waals surface area contributed by atoms with E-state index >= 15 is 0 Å². The predicted octanol–water partition coefficient (Wildman–Crippen LogP) is 2.72. The van der Waals surface area contributed by atoms with Crippen LogP contribution in [0.2, 0.25) is 0 Å². The summed E-state index contributed by atoms with van der Waals surface area (Å²) in [6, 6.07) is 0. The minimum Gasteiger partial charge on any atom is -0.453 e. The smallest absolute Gasteiger partial charge is 0.378 e. The van der Waals surface area contributed by atoms with E-state index < -0.39 is 42.7 Å². The number of hydrogen-bond donors (Lipinski definition) is 0. The first-order valence-electron chi connectivity index (χ1n) is 10.0. The number of esters is 3. The zero-order valence-corrected chi connectivity index (χ0v) is 17.5. The molecule has 0 spiro atoms. The molecule has 0 bridgehead atoms. The minimum atomic E-state index is -0.965. The minimum absolute atomic E-state index is 0.0329. The number of unbranched alkanes of at least 4 members (excludes halogenated alkanes) is 2. The van der Waals surface area contributed by atoms with Crippen LogP contribution in [0.4, 0.5) is 0 Å². The molecule has 2 unspecified atom stereocenters. The van der Waals surface area contributed by atoms with E-state index in [1.165, 1.54) is 0 Å². The van der Waals surface area contributed by atoms with Crippen molar-refractivity contribution in [3.8, 4) is 0 Å². The summed E-state index contributed by atoms with van der Waals surface area (Å²) in [5.74, 6) is -3.04. The monoisotopic (exact) mass is 414 g/mol. The zero-order valence-electron chi connectivity index (χ0n) is 17.5. The van der Waals surface area contributed by atoms with Crippen LogP contribution in [-0.4, -0.2) is 49.3 Å². The predicted molar refractivity (Wildman–Crippen MR) is 99.0 cm³/mol. The van der Waals surface area contributed by atoms with E-state index in [1.54, 1.807) is 13.8 Å². The quantitative estimate of drug-likeness (QED) is 0.286. The van der Waals surface area contributed by atoms with Gasteiger partial charge in [0, 0.05) is 12.8 Å². The highest BCUT2D eigenvalue weighted by molar-refractivity contribution is 5.92. The van der Waals surface area contributed by atoms with E-state index in [0.717, 1.165) is 12.8 Å². The third-order valence-corrected chi connectivity index (χ3v) is 4.39. The van der Waals surface area contributed by atoms with E-state index in [9.17, 15) is 14.4 Å². The van der Waals surface area contributed by atoms with Crippen molar-refractivity contribution >= 4 is 17.9 Å². The average Bonchev–Trinajstić information content (AvgIpc) is 3.18. The highest BCUT2D eigenvalue weighted by atomic mass is 16.8. The summed E-state index contributed by atoms with van der Waals surface area (Å²) in [5, 5.41) is 0. The second kappa shape index (κ2) is 10.6. The van der Waals surface area contributed by atoms with Crippen LogP contribution >= 0.6 is 0 Å².